The quantitative estimate of drug-likeness (QED) is 0.331. The molecule has 3 aromatic rings. The molecule has 10 heteroatoms. The van der Waals surface area contributed by atoms with Crippen molar-refractivity contribution in [1.29, 1.82) is 0 Å². The van der Waals surface area contributed by atoms with Crippen LogP contribution >= 0.6 is 0 Å². The Morgan fingerprint density at radius 3 is 2.40 bits per heavy atom. The van der Waals surface area contributed by atoms with Crippen LogP contribution in [0.15, 0.2) is 54.6 Å². The maximum absolute atomic E-state index is 13.2. The lowest BCUT2D eigenvalue weighted by molar-refractivity contribution is 0.0290. The summed E-state index contributed by atoms with van der Waals surface area (Å²) in [6, 6.07) is 16.1. The predicted octanol–water partition coefficient (Wildman–Crippen LogP) is 5.86. The first-order valence-corrected chi connectivity index (χ1v) is 14.4. The topological polar surface area (TPSA) is 118 Å². The van der Waals surface area contributed by atoms with E-state index in [-0.39, 0.29) is 23.9 Å². The molecule has 0 saturated heterocycles. The van der Waals surface area contributed by atoms with Crippen LogP contribution in [-0.2, 0) is 11.2 Å². The Bertz CT molecular complexity index is 1550. The Labute approximate surface area is 251 Å². The number of ether oxygens (including phenoxy) is 3. The molecule has 226 valence electrons. The van der Waals surface area contributed by atoms with Crippen molar-refractivity contribution in [3.63, 3.8) is 0 Å². The van der Waals surface area contributed by atoms with E-state index in [0.717, 1.165) is 29.7 Å². The van der Waals surface area contributed by atoms with Crippen LogP contribution in [-0.4, -0.2) is 61.3 Å². The number of aryl methyl sites for hydroxylation is 2. The van der Waals surface area contributed by atoms with Gasteiger partial charge < -0.3 is 35.1 Å². The SMILES string of the molecule is Cc1ccc(NC(=O)c2ccc3c(c2)OCCO3)cc1NC(=O)c1ccc2c(c1)CCC(CN(C)C(=O)OC(C)(C)C)N2. The maximum Gasteiger partial charge on any atom is 0.410 e. The van der Waals surface area contributed by atoms with E-state index < -0.39 is 5.60 Å². The fourth-order valence-corrected chi connectivity index (χ4v) is 5.00. The van der Waals surface area contributed by atoms with Crippen LogP contribution in [0.2, 0.25) is 0 Å². The highest BCUT2D eigenvalue weighted by Gasteiger charge is 2.25. The van der Waals surface area contributed by atoms with Gasteiger partial charge in [-0.05, 0) is 100 Å². The lowest BCUT2D eigenvalue weighted by atomic mass is 9.96. The molecule has 3 N–H and O–H groups in total. The smallest absolute Gasteiger partial charge is 0.410 e. The average molecular weight is 587 g/mol. The zero-order chi connectivity index (χ0) is 30.7. The van der Waals surface area contributed by atoms with E-state index in [2.05, 4.69) is 16.0 Å². The van der Waals surface area contributed by atoms with Crippen molar-refractivity contribution in [3.05, 3.63) is 76.9 Å². The van der Waals surface area contributed by atoms with Gasteiger partial charge in [-0.1, -0.05) is 6.07 Å². The average Bonchev–Trinajstić information content (AvgIpc) is 2.97. The molecule has 2 aliphatic rings. The van der Waals surface area contributed by atoms with E-state index >= 15 is 0 Å². The molecule has 0 radical (unpaired) electrons. The summed E-state index contributed by atoms with van der Waals surface area (Å²) in [6.45, 7) is 8.87. The van der Waals surface area contributed by atoms with Crippen LogP contribution in [0.5, 0.6) is 11.5 Å². The molecule has 1 unspecified atom stereocenters. The second kappa shape index (κ2) is 12.2. The summed E-state index contributed by atoms with van der Waals surface area (Å²) in [4.78, 5) is 40.1. The molecular weight excluding hydrogens is 548 g/mol. The first kappa shape index (κ1) is 29.8. The lowest BCUT2D eigenvalue weighted by Gasteiger charge is -2.31. The van der Waals surface area contributed by atoms with Crippen LogP contribution in [0.1, 0.15) is 59.0 Å². The summed E-state index contributed by atoms with van der Waals surface area (Å²) in [5.41, 5.74) is 4.44. The van der Waals surface area contributed by atoms with Gasteiger partial charge >= 0.3 is 6.09 Å². The summed E-state index contributed by atoms with van der Waals surface area (Å²) >= 11 is 0. The van der Waals surface area contributed by atoms with Crippen molar-refractivity contribution in [2.75, 3.05) is 42.8 Å². The van der Waals surface area contributed by atoms with Crippen LogP contribution < -0.4 is 25.4 Å². The number of fused-ring (bicyclic) bond motifs is 2. The Balaban J connectivity index is 1.21. The standard InChI is InChI=1S/C33H38N4O6/c1-20-6-10-24(35-30(38)23-9-13-28-29(17-23)42-15-14-41-28)18-27(20)36-31(39)22-8-12-26-21(16-22)7-11-25(34-26)19-37(5)32(40)43-33(2,3)4/h6,8-10,12-13,16-18,25,34H,7,11,14-15,19H2,1-5H3,(H,35,38)(H,36,39). The molecule has 3 aromatic carbocycles. The molecule has 10 nitrogen and oxygen atoms in total. The highest BCUT2D eigenvalue weighted by atomic mass is 16.6. The first-order valence-electron chi connectivity index (χ1n) is 14.4. The number of hydrogen-bond donors (Lipinski definition) is 3. The van der Waals surface area contributed by atoms with Gasteiger partial charge in [-0.25, -0.2) is 4.79 Å². The molecule has 43 heavy (non-hydrogen) atoms. The number of nitrogens with zero attached hydrogens (tertiary/aromatic N) is 1. The summed E-state index contributed by atoms with van der Waals surface area (Å²) in [5.74, 6) is 0.621. The third-order valence-corrected chi connectivity index (χ3v) is 7.24. The summed E-state index contributed by atoms with van der Waals surface area (Å²) < 4.78 is 16.6. The number of anilines is 3. The van der Waals surface area contributed by atoms with Crippen LogP contribution in [0.3, 0.4) is 0 Å². The Kier molecular flexibility index (Phi) is 8.47. The molecule has 1 atom stereocenters. The van der Waals surface area contributed by atoms with Crippen molar-refractivity contribution in [3.8, 4) is 11.5 Å². The lowest BCUT2D eigenvalue weighted by Crippen LogP contribution is -2.42. The second-order valence-corrected chi connectivity index (χ2v) is 11.9. The van der Waals surface area contributed by atoms with Gasteiger partial charge in [0.2, 0.25) is 0 Å². The van der Waals surface area contributed by atoms with Gasteiger partial charge in [0.05, 0.1) is 0 Å². The minimum atomic E-state index is -0.545. The molecule has 5 rings (SSSR count). The highest BCUT2D eigenvalue weighted by molar-refractivity contribution is 6.07. The second-order valence-electron chi connectivity index (χ2n) is 11.9. The molecule has 0 fully saturated rings. The van der Waals surface area contributed by atoms with Crippen molar-refractivity contribution >= 4 is 35.0 Å². The molecule has 0 aliphatic carbocycles. The molecule has 0 aromatic heterocycles. The fourth-order valence-electron chi connectivity index (χ4n) is 5.00. The van der Waals surface area contributed by atoms with E-state index in [1.807, 2.05) is 45.9 Å². The number of amides is 3. The number of hydrogen-bond acceptors (Lipinski definition) is 7. The van der Waals surface area contributed by atoms with Crippen molar-refractivity contribution in [2.45, 2.75) is 52.2 Å². The molecular formula is C33H38N4O6. The number of carbonyl (C=O) groups is 3. The van der Waals surface area contributed by atoms with Gasteiger partial charge in [0.1, 0.15) is 18.8 Å². The van der Waals surface area contributed by atoms with E-state index in [1.54, 1.807) is 48.3 Å². The van der Waals surface area contributed by atoms with Crippen LogP contribution in [0.4, 0.5) is 21.9 Å². The van der Waals surface area contributed by atoms with Gasteiger partial charge in [0.15, 0.2) is 11.5 Å². The fraction of sp³-hybridized carbons (Fsp3) is 0.364. The Hall–Kier alpha value is -4.73. The third kappa shape index (κ3) is 7.38. The molecule has 0 saturated carbocycles. The van der Waals surface area contributed by atoms with E-state index in [9.17, 15) is 14.4 Å². The zero-order valence-corrected chi connectivity index (χ0v) is 25.2. The number of nitrogens with one attached hydrogen (secondary N) is 3. The van der Waals surface area contributed by atoms with E-state index in [0.29, 0.717) is 53.8 Å². The monoisotopic (exact) mass is 586 g/mol. The minimum Gasteiger partial charge on any atom is -0.486 e. The maximum atomic E-state index is 13.2. The zero-order valence-electron chi connectivity index (χ0n) is 25.2. The summed E-state index contributed by atoms with van der Waals surface area (Å²) in [5, 5.41) is 9.37. The van der Waals surface area contributed by atoms with E-state index in [4.69, 9.17) is 14.2 Å². The molecule has 2 heterocycles. The Morgan fingerprint density at radius 2 is 1.63 bits per heavy atom. The number of benzene rings is 3. The highest BCUT2D eigenvalue weighted by Crippen LogP contribution is 2.31. The van der Waals surface area contributed by atoms with Gasteiger partial charge in [-0.3, -0.25) is 9.59 Å². The molecule has 3 amide bonds. The predicted molar refractivity (Wildman–Crippen MR) is 166 cm³/mol. The Morgan fingerprint density at radius 1 is 0.930 bits per heavy atom. The third-order valence-electron chi connectivity index (χ3n) is 7.24. The minimum absolute atomic E-state index is 0.0764. The number of likely N-dealkylation sites (N-methyl/N-ethyl adjacent to an activating group) is 1. The number of rotatable bonds is 6. The van der Waals surface area contributed by atoms with Crippen molar-refractivity contribution in [1.82, 2.24) is 4.90 Å². The molecule has 0 spiro atoms. The van der Waals surface area contributed by atoms with Crippen molar-refractivity contribution in [2.24, 2.45) is 0 Å². The molecule has 0 bridgehead atoms. The van der Waals surface area contributed by atoms with Gasteiger partial charge in [0, 0.05) is 47.8 Å². The van der Waals surface area contributed by atoms with Gasteiger partial charge in [-0.15, -0.1) is 0 Å². The first-order chi connectivity index (χ1) is 20.4. The van der Waals surface area contributed by atoms with Crippen LogP contribution in [0.25, 0.3) is 0 Å². The van der Waals surface area contributed by atoms with E-state index in [1.165, 1.54) is 0 Å². The van der Waals surface area contributed by atoms with Gasteiger partial charge in [-0.2, -0.15) is 0 Å². The summed E-state index contributed by atoms with van der Waals surface area (Å²) in [7, 11) is 1.74. The number of carbonyl (C=O) groups excluding carboxylic acids is 3. The summed E-state index contributed by atoms with van der Waals surface area (Å²) in [6.07, 6.45) is 1.24. The van der Waals surface area contributed by atoms with Gasteiger partial charge in [0.25, 0.3) is 11.8 Å². The molecule has 2 aliphatic heterocycles. The largest absolute Gasteiger partial charge is 0.486 e. The normalized spacial score (nSPS) is 15.4. The van der Waals surface area contributed by atoms with Crippen LogP contribution in [0, 0.1) is 6.92 Å². The van der Waals surface area contributed by atoms with Crippen molar-refractivity contribution < 1.29 is 28.6 Å².